The monoisotopic (exact) mass is 260 g/mol. The molecule has 0 radical (unpaired) electrons. The molecule has 0 heterocycles. The van der Waals surface area contributed by atoms with E-state index in [0.717, 1.165) is 24.4 Å². The highest BCUT2D eigenvalue weighted by molar-refractivity contribution is 5.17. The van der Waals surface area contributed by atoms with Gasteiger partial charge < -0.3 is 5.32 Å². The third-order valence-electron chi connectivity index (χ3n) is 2.90. The van der Waals surface area contributed by atoms with Gasteiger partial charge in [0.1, 0.15) is 0 Å². The van der Waals surface area contributed by atoms with Crippen LogP contribution in [0.1, 0.15) is 27.7 Å². The SMILES string of the molecule is C=CCN(CC(=C)C)C(C)/C(C)=C/NC(=C)/C=C\C. The maximum Gasteiger partial charge on any atom is 0.0303 e. The maximum absolute atomic E-state index is 3.98. The highest BCUT2D eigenvalue weighted by Gasteiger charge is 2.13. The average molecular weight is 260 g/mol. The average Bonchev–Trinajstić information content (AvgIpc) is 2.34. The highest BCUT2D eigenvalue weighted by Crippen LogP contribution is 2.11. The molecule has 0 aromatic rings. The lowest BCUT2D eigenvalue weighted by molar-refractivity contribution is 0.279. The summed E-state index contributed by atoms with van der Waals surface area (Å²) in [6.45, 7) is 21.8. The van der Waals surface area contributed by atoms with E-state index >= 15 is 0 Å². The Morgan fingerprint density at radius 3 is 2.42 bits per heavy atom. The Bertz CT molecular complexity index is 375. The molecule has 2 nitrogen and oxygen atoms in total. The van der Waals surface area contributed by atoms with Crippen LogP contribution in [0.5, 0.6) is 0 Å². The van der Waals surface area contributed by atoms with Crippen LogP contribution in [0.2, 0.25) is 0 Å². The van der Waals surface area contributed by atoms with Gasteiger partial charge in [0.25, 0.3) is 0 Å². The van der Waals surface area contributed by atoms with Gasteiger partial charge in [-0.05, 0) is 39.3 Å². The fourth-order valence-corrected chi connectivity index (χ4v) is 1.74. The Labute approximate surface area is 118 Å². The molecule has 0 amide bonds. The Kier molecular flexibility index (Phi) is 8.64. The first-order valence-electron chi connectivity index (χ1n) is 6.66. The van der Waals surface area contributed by atoms with Crippen LogP contribution in [0.15, 0.2) is 61.0 Å². The van der Waals surface area contributed by atoms with Crippen molar-refractivity contribution in [1.82, 2.24) is 10.2 Å². The summed E-state index contributed by atoms with van der Waals surface area (Å²) in [5.74, 6) is 0. The normalized spacial score (nSPS) is 13.6. The van der Waals surface area contributed by atoms with Crippen LogP contribution in [0.25, 0.3) is 0 Å². The fourth-order valence-electron chi connectivity index (χ4n) is 1.74. The van der Waals surface area contributed by atoms with Crippen LogP contribution in [-0.4, -0.2) is 24.0 Å². The molecule has 0 aliphatic rings. The number of allylic oxidation sites excluding steroid dienone is 2. The molecule has 0 aromatic carbocycles. The molecule has 0 aromatic heterocycles. The van der Waals surface area contributed by atoms with Crippen LogP contribution >= 0.6 is 0 Å². The van der Waals surface area contributed by atoms with Gasteiger partial charge in [-0.3, -0.25) is 4.90 Å². The number of hydrogen-bond donors (Lipinski definition) is 1. The molecule has 0 saturated heterocycles. The fraction of sp³-hybridized carbons (Fsp3) is 0.412. The second-order valence-electron chi connectivity index (χ2n) is 4.91. The van der Waals surface area contributed by atoms with E-state index in [2.05, 4.69) is 43.8 Å². The molecule has 1 N–H and O–H groups in total. The summed E-state index contributed by atoms with van der Waals surface area (Å²) in [4.78, 5) is 2.33. The molecular formula is C17H28N2. The predicted molar refractivity (Wildman–Crippen MR) is 86.9 cm³/mol. The van der Waals surface area contributed by atoms with Gasteiger partial charge in [-0.2, -0.15) is 0 Å². The smallest absolute Gasteiger partial charge is 0.0303 e. The predicted octanol–water partition coefficient (Wildman–Crippen LogP) is 4.02. The van der Waals surface area contributed by atoms with E-state index in [1.54, 1.807) is 0 Å². The van der Waals surface area contributed by atoms with E-state index in [1.807, 2.05) is 38.3 Å². The molecule has 1 unspecified atom stereocenters. The molecule has 0 saturated carbocycles. The quantitative estimate of drug-likeness (QED) is 0.497. The molecule has 0 aliphatic heterocycles. The third-order valence-corrected chi connectivity index (χ3v) is 2.90. The molecule has 106 valence electrons. The summed E-state index contributed by atoms with van der Waals surface area (Å²) in [5.41, 5.74) is 3.31. The van der Waals surface area contributed by atoms with Gasteiger partial charge in [0.2, 0.25) is 0 Å². The standard InChI is InChI=1S/C17H28N2/c1-8-10-16(6)18-12-15(5)17(7)19(11-9-2)13-14(3)4/h8-10,12,17-18H,2-3,6,11,13H2,1,4-5,7H3/b10-8-,15-12+. The lowest BCUT2D eigenvalue weighted by atomic mass is 10.1. The van der Waals surface area contributed by atoms with Crippen LogP contribution in [0, 0.1) is 0 Å². The second-order valence-corrected chi connectivity index (χ2v) is 4.91. The lowest BCUT2D eigenvalue weighted by Crippen LogP contribution is -2.35. The van der Waals surface area contributed by atoms with Gasteiger partial charge in [-0.15, -0.1) is 6.58 Å². The summed E-state index contributed by atoms with van der Waals surface area (Å²) in [6.07, 6.45) is 7.86. The zero-order valence-corrected chi connectivity index (χ0v) is 12.9. The minimum atomic E-state index is 0.334. The zero-order valence-electron chi connectivity index (χ0n) is 12.9. The van der Waals surface area contributed by atoms with Crippen molar-refractivity contribution in [2.24, 2.45) is 0 Å². The van der Waals surface area contributed by atoms with Crippen molar-refractivity contribution >= 4 is 0 Å². The van der Waals surface area contributed by atoms with Crippen molar-refractivity contribution in [3.05, 3.63) is 61.0 Å². The Balaban J connectivity index is 4.68. The molecule has 0 spiro atoms. The summed E-state index contributed by atoms with van der Waals surface area (Å²) in [5, 5.41) is 3.20. The Morgan fingerprint density at radius 2 is 1.95 bits per heavy atom. The van der Waals surface area contributed by atoms with E-state index in [4.69, 9.17) is 0 Å². The van der Waals surface area contributed by atoms with Gasteiger partial charge in [-0.25, -0.2) is 0 Å². The zero-order chi connectivity index (χ0) is 14.8. The van der Waals surface area contributed by atoms with Gasteiger partial charge in [0.05, 0.1) is 0 Å². The van der Waals surface area contributed by atoms with Crippen LogP contribution in [0.4, 0.5) is 0 Å². The lowest BCUT2D eigenvalue weighted by Gasteiger charge is -2.29. The molecule has 0 fully saturated rings. The van der Waals surface area contributed by atoms with E-state index < -0.39 is 0 Å². The van der Waals surface area contributed by atoms with Crippen molar-refractivity contribution in [2.45, 2.75) is 33.7 Å². The molecule has 0 rings (SSSR count). The van der Waals surface area contributed by atoms with Crippen molar-refractivity contribution in [2.75, 3.05) is 13.1 Å². The van der Waals surface area contributed by atoms with Gasteiger partial charge in [0.15, 0.2) is 0 Å². The van der Waals surface area contributed by atoms with Crippen LogP contribution in [0.3, 0.4) is 0 Å². The second kappa shape index (κ2) is 9.40. The first kappa shape index (κ1) is 17.5. The summed E-state index contributed by atoms with van der Waals surface area (Å²) >= 11 is 0. The number of nitrogens with one attached hydrogen (secondary N) is 1. The van der Waals surface area contributed by atoms with Crippen molar-refractivity contribution in [1.29, 1.82) is 0 Å². The van der Waals surface area contributed by atoms with Crippen LogP contribution in [-0.2, 0) is 0 Å². The van der Waals surface area contributed by atoms with Gasteiger partial charge in [0, 0.05) is 31.0 Å². The molecule has 2 heteroatoms. The molecule has 19 heavy (non-hydrogen) atoms. The van der Waals surface area contributed by atoms with Gasteiger partial charge in [-0.1, -0.05) is 30.9 Å². The van der Waals surface area contributed by atoms with Crippen molar-refractivity contribution in [3.63, 3.8) is 0 Å². The van der Waals surface area contributed by atoms with Gasteiger partial charge >= 0.3 is 0 Å². The minimum Gasteiger partial charge on any atom is -0.362 e. The Hall–Kier alpha value is -1.54. The summed E-state index contributed by atoms with van der Waals surface area (Å²) < 4.78 is 0. The van der Waals surface area contributed by atoms with E-state index in [1.165, 1.54) is 5.57 Å². The van der Waals surface area contributed by atoms with E-state index in [0.29, 0.717) is 6.04 Å². The minimum absolute atomic E-state index is 0.334. The first-order chi connectivity index (χ1) is 8.92. The van der Waals surface area contributed by atoms with E-state index in [-0.39, 0.29) is 0 Å². The van der Waals surface area contributed by atoms with Crippen LogP contribution < -0.4 is 5.32 Å². The number of rotatable bonds is 9. The molecule has 0 aliphatic carbocycles. The number of hydrogen-bond acceptors (Lipinski definition) is 2. The largest absolute Gasteiger partial charge is 0.362 e. The van der Waals surface area contributed by atoms with E-state index in [9.17, 15) is 0 Å². The molecule has 1 atom stereocenters. The number of nitrogens with zero attached hydrogens (tertiary/aromatic N) is 1. The summed E-state index contributed by atoms with van der Waals surface area (Å²) in [6, 6.07) is 0.334. The molecular weight excluding hydrogens is 232 g/mol. The molecule has 0 bridgehead atoms. The highest BCUT2D eigenvalue weighted by atomic mass is 15.1. The first-order valence-corrected chi connectivity index (χ1v) is 6.66. The topological polar surface area (TPSA) is 15.3 Å². The maximum atomic E-state index is 3.98. The Morgan fingerprint density at radius 1 is 1.32 bits per heavy atom. The summed E-state index contributed by atoms with van der Waals surface area (Å²) in [7, 11) is 0. The van der Waals surface area contributed by atoms with Crippen molar-refractivity contribution < 1.29 is 0 Å². The van der Waals surface area contributed by atoms with Crippen molar-refractivity contribution in [3.8, 4) is 0 Å². The third kappa shape index (κ3) is 7.47.